The highest BCUT2D eigenvalue weighted by Crippen LogP contribution is 2.65. The van der Waals surface area contributed by atoms with Gasteiger partial charge >= 0.3 is 5.97 Å². The topological polar surface area (TPSA) is 81.0 Å². The van der Waals surface area contributed by atoms with E-state index in [1.807, 2.05) is 35.8 Å². The summed E-state index contributed by atoms with van der Waals surface area (Å²) < 4.78 is 7.01. The Labute approximate surface area is 185 Å². The van der Waals surface area contributed by atoms with Gasteiger partial charge in [0.2, 0.25) is 0 Å². The molecule has 0 unspecified atom stereocenters. The Balaban J connectivity index is 1.34. The molecule has 5 aliphatic rings. The van der Waals surface area contributed by atoms with Gasteiger partial charge in [-0.3, -0.25) is 14.4 Å². The number of para-hydroxylation sites is 1. The van der Waals surface area contributed by atoms with Gasteiger partial charge in [-0.1, -0.05) is 30.4 Å². The first-order chi connectivity index (χ1) is 15.5. The first-order valence-corrected chi connectivity index (χ1v) is 11.3. The maximum atomic E-state index is 13.2. The second-order valence-corrected chi connectivity index (χ2v) is 9.29. The fraction of sp³-hybridized carbons (Fsp3) is 0.440. The molecule has 0 N–H and O–H groups in total. The molecule has 1 aromatic heterocycles. The van der Waals surface area contributed by atoms with Gasteiger partial charge in [0.25, 0.3) is 11.8 Å². The summed E-state index contributed by atoms with van der Waals surface area (Å²) in [5.41, 5.74) is 2.52. The van der Waals surface area contributed by atoms with E-state index in [2.05, 4.69) is 17.3 Å². The molecular formula is C25H25N3O4. The van der Waals surface area contributed by atoms with E-state index in [-0.39, 0.29) is 48.0 Å². The van der Waals surface area contributed by atoms with Crippen LogP contribution in [0.25, 0.3) is 10.9 Å². The van der Waals surface area contributed by atoms with Crippen LogP contribution in [0.2, 0.25) is 0 Å². The third-order valence-electron chi connectivity index (χ3n) is 7.81. The average Bonchev–Trinajstić information content (AvgIpc) is 3.53. The number of esters is 1. The molecule has 1 aromatic carbocycles. The number of hydrogen-bond acceptors (Lipinski definition) is 5. The number of amides is 2. The molecule has 1 saturated heterocycles. The summed E-state index contributed by atoms with van der Waals surface area (Å²) in [6.45, 7) is 4.11. The zero-order chi connectivity index (χ0) is 22.1. The summed E-state index contributed by atoms with van der Waals surface area (Å²) in [7, 11) is 0. The Morgan fingerprint density at radius 1 is 1.12 bits per heavy atom. The summed E-state index contributed by atoms with van der Waals surface area (Å²) in [5.74, 6) is 0.317. The Kier molecular flexibility index (Phi) is 4.19. The number of imide groups is 1. The third kappa shape index (κ3) is 2.60. The molecular weight excluding hydrogens is 406 g/mol. The summed E-state index contributed by atoms with van der Waals surface area (Å²) in [6.07, 6.45) is 7.05. The molecule has 4 aliphatic carbocycles. The van der Waals surface area contributed by atoms with Gasteiger partial charge in [-0.2, -0.15) is 10.1 Å². The van der Waals surface area contributed by atoms with Crippen LogP contribution in [0.15, 0.2) is 41.5 Å². The van der Waals surface area contributed by atoms with E-state index < -0.39 is 0 Å². The van der Waals surface area contributed by atoms with Gasteiger partial charge in [0.1, 0.15) is 6.54 Å². The maximum Gasteiger partial charge on any atom is 0.325 e. The molecule has 2 aromatic rings. The van der Waals surface area contributed by atoms with Gasteiger partial charge < -0.3 is 9.30 Å². The van der Waals surface area contributed by atoms with E-state index in [0.717, 1.165) is 33.6 Å². The number of hydrazone groups is 1. The molecule has 7 heteroatoms. The molecule has 32 heavy (non-hydrogen) atoms. The van der Waals surface area contributed by atoms with Crippen molar-refractivity contribution in [1.29, 1.82) is 0 Å². The summed E-state index contributed by atoms with van der Waals surface area (Å²) >= 11 is 0. The molecule has 2 bridgehead atoms. The number of fused-ring (bicyclic) bond motifs is 1. The summed E-state index contributed by atoms with van der Waals surface area (Å²) in [5, 5.41) is 6.42. The van der Waals surface area contributed by atoms with Gasteiger partial charge in [0.05, 0.1) is 24.7 Å². The minimum absolute atomic E-state index is 0.0948. The van der Waals surface area contributed by atoms with E-state index in [1.54, 1.807) is 13.1 Å². The maximum absolute atomic E-state index is 13.2. The number of ether oxygens (including phenoxy) is 1. The Morgan fingerprint density at radius 3 is 2.44 bits per heavy atom. The molecule has 7 nitrogen and oxygen atoms in total. The largest absolute Gasteiger partial charge is 0.465 e. The molecule has 0 radical (unpaired) electrons. The first-order valence-electron chi connectivity index (χ1n) is 11.3. The van der Waals surface area contributed by atoms with Crippen molar-refractivity contribution in [3.63, 3.8) is 0 Å². The normalized spacial score (nSPS) is 32.1. The second kappa shape index (κ2) is 6.89. The smallest absolute Gasteiger partial charge is 0.325 e. The second-order valence-electron chi connectivity index (χ2n) is 9.29. The predicted octanol–water partition coefficient (Wildman–Crippen LogP) is 2.90. The van der Waals surface area contributed by atoms with Gasteiger partial charge in [0.15, 0.2) is 0 Å². The molecule has 7 rings (SSSR count). The van der Waals surface area contributed by atoms with Crippen molar-refractivity contribution in [3.05, 3.63) is 47.7 Å². The van der Waals surface area contributed by atoms with Crippen LogP contribution >= 0.6 is 0 Å². The fourth-order valence-corrected chi connectivity index (χ4v) is 6.33. The molecule has 3 fully saturated rings. The van der Waals surface area contributed by atoms with Gasteiger partial charge in [-0.15, -0.1) is 0 Å². The number of aromatic nitrogens is 1. The summed E-state index contributed by atoms with van der Waals surface area (Å²) in [4.78, 5) is 38.5. The Morgan fingerprint density at radius 2 is 1.78 bits per heavy atom. The minimum atomic E-state index is -0.310. The number of hydrogen-bond donors (Lipinski definition) is 0. The van der Waals surface area contributed by atoms with Crippen LogP contribution < -0.4 is 0 Å². The minimum Gasteiger partial charge on any atom is -0.465 e. The fourth-order valence-electron chi connectivity index (χ4n) is 6.33. The summed E-state index contributed by atoms with van der Waals surface area (Å²) in [6, 6.07) is 7.73. The zero-order valence-electron chi connectivity index (χ0n) is 18.1. The lowest BCUT2D eigenvalue weighted by Gasteiger charge is -2.37. The highest BCUT2D eigenvalue weighted by molar-refractivity contribution is 6.08. The van der Waals surface area contributed by atoms with Gasteiger partial charge in [0, 0.05) is 22.2 Å². The third-order valence-corrected chi connectivity index (χ3v) is 7.81. The lowest BCUT2D eigenvalue weighted by atomic mass is 9.63. The number of nitrogens with zero attached hydrogens (tertiary/aromatic N) is 3. The van der Waals surface area contributed by atoms with Crippen molar-refractivity contribution in [2.75, 3.05) is 6.61 Å². The molecule has 164 valence electrons. The molecule has 0 spiro atoms. The van der Waals surface area contributed by atoms with E-state index in [9.17, 15) is 14.4 Å². The average molecular weight is 431 g/mol. The molecule has 2 saturated carbocycles. The van der Waals surface area contributed by atoms with E-state index >= 15 is 0 Å². The van der Waals surface area contributed by atoms with Crippen molar-refractivity contribution in [1.82, 2.24) is 9.58 Å². The van der Waals surface area contributed by atoms with E-state index in [4.69, 9.17) is 4.74 Å². The van der Waals surface area contributed by atoms with Gasteiger partial charge in [-0.05, 0) is 50.0 Å². The van der Waals surface area contributed by atoms with Crippen LogP contribution in [0, 0.1) is 42.4 Å². The Hall–Kier alpha value is -3.22. The number of rotatable bonds is 5. The van der Waals surface area contributed by atoms with Crippen molar-refractivity contribution >= 4 is 34.9 Å². The van der Waals surface area contributed by atoms with Crippen molar-refractivity contribution in [2.24, 2.45) is 40.6 Å². The molecule has 2 heterocycles. The van der Waals surface area contributed by atoms with Crippen molar-refractivity contribution in [3.8, 4) is 0 Å². The van der Waals surface area contributed by atoms with Crippen LogP contribution in [0.4, 0.5) is 0 Å². The lowest BCUT2D eigenvalue weighted by molar-refractivity contribution is -0.144. The number of carbonyl (C=O) groups is 3. The van der Waals surface area contributed by atoms with Crippen LogP contribution in [-0.2, 0) is 25.7 Å². The molecule has 6 atom stereocenters. The zero-order valence-corrected chi connectivity index (χ0v) is 18.1. The molecule has 2 amide bonds. The number of carbonyl (C=O) groups excluding carboxylic acids is 3. The SMILES string of the molecule is CCOC(=O)Cn1c(C)c(/C=N\N2C(=O)[C@@H]3[C@H]4C=C[C@@H]([C@@H]5C[C@H]45)[C@@H]3C2=O)c2ccccc21. The first kappa shape index (κ1) is 19.5. The van der Waals surface area contributed by atoms with Crippen LogP contribution in [-0.4, -0.2) is 40.2 Å². The number of benzene rings is 1. The number of allylic oxidation sites excluding steroid dienone is 2. The standard InChI is InChI=1S/C25H25N3O4/c1-3-32-21(29)12-27-13(2)19(14-6-4-5-7-20(14)27)11-26-28-24(30)22-15-8-9-16(18-10-17(15)18)23(22)25(28)31/h4-9,11,15-18,22-23H,3,10,12H2,1-2H3/b26-11-/t15-,16-,17-,18+,22-,23+/m0/s1. The van der Waals surface area contributed by atoms with Crippen LogP contribution in [0.3, 0.4) is 0 Å². The van der Waals surface area contributed by atoms with E-state index in [0.29, 0.717) is 18.4 Å². The van der Waals surface area contributed by atoms with Gasteiger partial charge in [-0.25, -0.2) is 0 Å². The molecule has 1 aliphatic heterocycles. The van der Waals surface area contributed by atoms with Crippen LogP contribution in [0.1, 0.15) is 24.6 Å². The van der Waals surface area contributed by atoms with Crippen LogP contribution in [0.5, 0.6) is 0 Å². The Bertz CT molecular complexity index is 1190. The van der Waals surface area contributed by atoms with Crippen molar-refractivity contribution in [2.45, 2.75) is 26.8 Å². The van der Waals surface area contributed by atoms with Crippen molar-refractivity contribution < 1.29 is 19.1 Å². The monoisotopic (exact) mass is 431 g/mol. The quantitative estimate of drug-likeness (QED) is 0.316. The highest BCUT2D eigenvalue weighted by Gasteiger charge is 2.67. The highest BCUT2D eigenvalue weighted by atomic mass is 16.5. The lowest BCUT2D eigenvalue weighted by Crippen LogP contribution is -2.40. The van der Waals surface area contributed by atoms with E-state index in [1.165, 1.54) is 0 Å². The predicted molar refractivity (Wildman–Crippen MR) is 117 cm³/mol.